The van der Waals surface area contributed by atoms with E-state index in [0.717, 1.165) is 5.39 Å². The number of rotatable bonds is 3. The van der Waals surface area contributed by atoms with Gasteiger partial charge in [0.15, 0.2) is 0 Å². The van der Waals surface area contributed by atoms with Crippen molar-refractivity contribution in [3.05, 3.63) is 66.2 Å². The van der Waals surface area contributed by atoms with E-state index in [0.29, 0.717) is 10.9 Å². The molecule has 3 rings (SSSR count). The summed E-state index contributed by atoms with van der Waals surface area (Å²) < 4.78 is 27.4. The Morgan fingerprint density at radius 2 is 1.65 bits per heavy atom. The van der Waals surface area contributed by atoms with Crippen LogP contribution >= 0.6 is 0 Å². The van der Waals surface area contributed by atoms with Crippen LogP contribution in [0.15, 0.2) is 65.6 Å². The first-order chi connectivity index (χ1) is 11.0. The van der Waals surface area contributed by atoms with Gasteiger partial charge in [0.2, 0.25) is 0 Å². The fourth-order valence-electron chi connectivity index (χ4n) is 2.27. The minimum Gasteiger partial charge on any atom is -0.506 e. The molecule has 0 fully saturated rings. The number of aromatic hydroxyl groups is 1. The SMILES string of the molecule is N#Cc1ccc(S(=O)(=O)Nc2c(O)ccc3ccccc23)cc1. The molecule has 0 saturated carbocycles. The highest BCUT2D eigenvalue weighted by molar-refractivity contribution is 7.92. The second-order valence-corrected chi connectivity index (χ2v) is 6.60. The van der Waals surface area contributed by atoms with E-state index in [1.165, 1.54) is 30.3 Å². The largest absolute Gasteiger partial charge is 0.506 e. The molecule has 0 atom stereocenters. The van der Waals surface area contributed by atoms with Gasteiger partial charge in [-0.3, -0.25) is 4.72 Å². The van der Waals surface area contributed by atoms with Crippen LogP contribution in [-0.4, -0.2) is 13.5 Å². The van der Waals surface area contributed by atoms with Crippen molar-refractivity contribution in [1.29, 1.82) is 5.26 Å². The smallest absolute Gasteiger partial charge is 0.262 e. The molecular weight excluding hydrogens is 312 g/mol. The van der Waals surface area contributed by atoms with Gasteiger partial charge in [-0.15, -0.1) is 0 Å². The highest BCUT2D eigenvalue weighted by Gasteiger charge is 2.18. The molecule has 23 heavy (non-hydrogen) atoms. The third-order valence-corrected chi connectivity index (χ3v) is 4.80. The van der Waals surface area contributed by atoms with E-state index < -0.39 is 10.0 Å². The van der Waals surface area contributed by atoms with Gasteiger partial charge in [0.05, 0.1) is 22.2 Å². The molecule has 5 nitrogen and oxygen atoms in total. The second kappa shape index (κ2) is 5.63. The molecule has 0 bridgehead atoms. The molecule has 0 radical (unpaired) electrons. The first kappa shape index (κ1) is 14.9. The van der Waals surface area contributed by atoms with Crippen molar-refractivity contribution in [1.82, 2.24) is 0 Å². The summed E-state index contributed by atoms with van der Waals surface area (Å²) in [5.74, 6) is -0.152. The zero-order chi connectivity index (χ0) is 16.4. The van der Waals surface area contributed by atoms with Crippen LogP contribution in [0.25, 0.3) is 10.8 Å². The Morgan fingerprint density at radius 1 is 0.957 bits per heavy atom. The quantitative estimate of drug-likeness (QED) is 0.724. The number of fused-ring (bicyclic) bond motifs is 1. The number of nitriles is 1. The van der Waals surface area contributed by atoms with Crippen molar-refractivity contribution in [2.24, 2.45) is 0 Å². The van der Waals surface area contributed by atoms with Crippen LogP contribution in [-0.2, 0) is 10.0 Å². The van der Waals surface area contributed by atoms with Gasteiger partial charge in [-0.25, -0.2) is 8.42 Å². The summed E-state index contributed by atoms with van der Waals surface area (Å²) in [6, 6.07) is 17.8. The molecule has 0 spiro atoms. The monoisotopic (exact) mass is 324 g/mol. The minimum absolute atomic E-state index is 0.0174. The maximum Gasteiger partial charge on any atom is 0.262 e. The maximum absolute atomic E-state index is 12.5. The van der Waals surface area contributed by atoms with E-state index in [9.17, 15) is 13.5 Å². The van der Waals surface area contributed by atoms with Gasteiger partial charge in [-0.1, -0.05) is 30.3 Å². The number of phenols is 1. The van der Waals surface area contributed by atoms with Crippen LogP contribution in [0.1, 0.15) is 5.56 Å². The fourth-order valence-corrected chi connectivity index (χ4v) is 3.36. The van der Waals surface area contributed by atoms with E-state index in [4.69, 9.17) is 5.26 Å². The number of sulfonamides is 1. The zero-order valence-electron chi connectivity index (χ0n) is 11.9. The summed E-state index contributed by atoms with van der Waals surface area (Å²) in [4.78, 5) is 0.0174. The Hall–Kier alpha value is -3.04. The highest BCUT2D eigenvalue weighted by Crippen LogP contribution is 2.33. The van der Waals surface area contributed by atoms with Crippen molar-refractivity contribution in [2.75, 3.05) is 4.72 Å². The lowest BCUT2D eigenvalue weighted by Gasteiger charge is -2.12. The van der Waals surface area contributed by atoms with E-state index in [1.54, 1.807) is 18.2 Å². The van der Waals surface area contributed by atoms with E-state index >= 15 is 0 Å². The lowest BCUT2D eigenvalue weighted by atomic mass is 10.1. The third-order valence-electron chi connectivity index (χ3n) is 3.44. The van der Waals surface area contributed by atoms with Crippen LogP contribution in [0.2, 0.25) is 0 Å². The van der Waals surface area contributed by atoms with Crippen LogP contribution in [0.5, 0.6) is 5.75 Å². The molecule has 6 heteroatoms. The Labute approximate surface area is 133 Å². The second-order valence-electron chi connectivity index (χ2n) is 4.92. The number of phenolic OH excluding ortho intramolecular Hbond substituents is 1. The van der Waals surface area contributed by atoms with Gasteiger partial charge in [-0.05, 0) is 35.7 Å². The number of hydrogen-bond donors (Lipinski definition) is 2. The summed E-state index contributed by atoms with van der Waals surface area (Å²) in [6.45, 7) is 0. The predicted octanol–water partition coefficient (Wildman–Crippen LogP) is 3.22. The molecule has 0 amide bonds. The summed E-state index contributed by atoms with van der Waals surface area (Å²) in [5, 5.41) is 20.2. The van der Waals surface area contributed by atoms with Crippen LogP contribution in [0.4, 0.5) is 5.69 Å². The molecule has 2 N–H and O–H groups in total. The predicted molar refractivity (Wildman–Crippen MR) is 87.6 cm³/mol. The molecule has 0 saturated heterocycles. The van der Waals surface area contributed by atoms with Crippen molar-refractivity contribution < 1.29 is 13.5 Å². The average Bonchev–Trinajstić information content (AvgIpc) is 2.57. The summed E-state index contributed by atoms with van der Waals surface area (Å²) in [7, 11) is -3.87. The molecule has 0 aliphatic rings. The van der Waals surface area contributed by atoms with Crippen molar-refractivity contribution in [3.63, 3.8) is 0 Å². The van der Waals surface area contributed by atoms with Gasteiger partial charge in [0.25, 0.3) is 10.0 Å². The van der Waals surface area contributed by atoms with Gasteiger partial charge in [-0.2, -0.15) is 5.26 Å². The number of nitrogens with zero attached hydrogens (tertiary/aromatic N) is 1. The Bertz CT molecular complexity index is 1020. The van der Waals surface area contributed by atoms with Crippen molar-refractivity contribution in [2.45, 2.75) is 4.90 Å². The Morgan fingerprint density at radius 3 is 2.35 bits per heavy atom. The third kappa shape index (κ3) is 2.82. The molecule has 3 aromatic carbocycles. The molecule has 0 aromatic heterocycles. The van der Waals surface area contributed by atoms with Crippen LogP contribution in [0, 0.1) is 11.3 Å². The number of nitrogens with one attached hydrogen (secondary N) is 1. The lowest BCUT2D eigenvalue weighted by molar-refractivity contribution is 0.478. The summed E-state index contributed by atoms with van der Waals surface area (Å²) in [5.41, 5.74) is 0.504. The Kier molecular flexibility index (Phi) is 3.64. The topological polar surface area (TPSA) is 90.2 Å². The zero-order valence-corrected chi connectivity index (χ0v) is 12.7. The molecule has 3 aromatic rings. The van der Waals surface area contributed by atoms with Crippen LogP contribution < -0.4 is 4.72 Å². The fraction of sp³-hybridized carbons (Fsp3) is 0. The van der Waals surface area contributed by atoms with Gasteiger partial charge < -0.3 is 5.11 Å². The van der Waals surface area contributed by atoms with E-state index in [2.05, 4.69) is 4.72 Å². The molecule has 0 unspecified atom stereocenters. The molecule has 0 heterocycles. The van der Waals surface area contributed by atoms with Gasteiger partial charge in [0.1, 0.15) is 5.75 Å². The van der Waals surface area contributed by atoms with Crippen molar-refractivity contribution in [3.8, 4) is 11.8 Å². The summed E-state index contributed by atoms with van der Waals surface area (Å²) in [6.07, 6.45) is 0. The summed E-state index contributed by atoms with van der Waals surface area (Å²) >= 11 is 0. The van der Waals surface area contributed by atoms with Crippen LogP contribution in [0.3, 0.4) is 0 Å². The first-order valence-electron chi connectivity index (χ1n) is 6.75. The number of benzene rings is 3. The molecule has 0 aliphatic heterocycles. The van der Waals surface area contributed by atoms with Gasteiger partial charge in [0, 0.05) is 5.39 Å². The molecular formula is C17H12N2O3S. The normalized spacial score (nSPS) is 11.1. The van der Waals surface area contributed by atoms with E-state index in [-0.39, 0.29) is 16.3 Å². The standard InChI is InChI=1S/C17H12N2O3S/c18-11-12-5-8-14(9-6-12)23(21,22)19-17-15-4-2-1-3-13(15)7-10-16(17)20/h1-10,19-20H. The Balaban J connectivity index is 2.07. The van der Waals surface area contributed by atoms with Gasteiger partial charge >= 0.3 is 0 Å². The molecule has 114 valence electrons. The maximum atomic E-state index is 12.5. The van der Waals surface area contributed by atoms with E-state index in [1.807, 2.05) is 18.2 Å². The number of hydrogen-bond acceptors (Lipinski definition) is 4. The lowest BCUT2D eigenvalue weighted by Crippen LogP contribution is -2.13. The first-order valence-corrected chi connectivity index (χ1v) is 8.23. The van der Waals surface area contributed by atoms with Crippen molar-refractivity contribution >= 4 is 26.5 Å². The average molecular weight is 324 g/mol. The highest BCUT2D eigenvalue weighted by atomic mass is 32.2. The minimum atomic E-state index is -3.87. The number of anilines is 1. The molecule has 0 aliphatic carbocycles.